The highest BCUT2D eigenvalue weighted by molar-refractivity contribution is 7.99. The standard InChI is InChI=1S/C15H20OS/c1-2-16-12-6-7-13-17-14-8-11-15-9-4-3-5-10-15/h2-5,8-11H,1,6-7,12-14H2/b11-8+. The molecule has 0 fully saturated rings. The van der Waals surface area contributed by atoms with Crippen molar-refractivity contribution in [2.75, 3.05) is 18.1 Å². The van der Waals surface area contributed by atoms with Crippen molar-refractivity contribution >= 4 is 17.8 Å². The molecular weight excluding hydrogens is 228 g/mol. The molecule has 0 radical (unpaired) electrons. The molecule has 0 aliphatic carbocycles. The molecule has 0 atom stereocenters. The number of unbranched alkanes of at least 4 members (excludes halogenated alkanes) is 1. The van der Waals surface area contributed by atoms with Crippen LogP contribution in [0.4, 0.5) is 0 Å². The minimum absolute atomic E-state index is 0.796. The maximum Gasteiger partial charge on any atom is 0.0873 e. The van der Waals surface area contributed by atoms with Crippen molar-refractivity contribution < 1.29 is 4.74 Å². The number of hydrogen-bond acceptors (Lipinski definition) is 2. The van der Waals surface area contributed by atoms with Gasteiger partial charge in [-0.2, -0.15) is 11.8 Å². The fourth-order valence-corrected chi connectivity index (χ4v) is 2.18. The first-order chi connectivity index (χ1) is 8.43. The average molecular weight is 248 g/mol. The lowest BCUT2D eigenvalue weighted by Crippen LogP contribution is -1.89. The Bertz CT molecular complexity index is 319. The molecule has 1 aromatic carbocycles. The molecule has 1 nitrogen and oxygen atoms in total. The van der Waals surface area contributed by atoms with Crippen LogP contribution in [0.25, 0.3) is 6.08 Å². The van der Waals surface area contributed by atoms with Gasteiger partial charge in [0.2, 0.25) is 0 Å². The van der Waals surface area contributed by atoms with Crippen molar-refractivity contribution in [1.82, 2.24) is 0 Å². The number of hydrogen-bond donors (Lipinski definition) is 0. The van der Waals surface area contributed by atoms with Gasteiger partial charge in [0.05, 0.1) is 12.9 Å². The van der Waals surface area contributed by atoms with Gasteiger partial charge in [-0.05, 0) is 24.2 Å². The molecule has 92 valence electrons. The largest absolute Gasteiger partial charge is 0.502 e. The van der Waals surface area contributed by atoms with Gasteiger partial charge in [0.15, 0.2) is 0 Å². The lowest BCUT2D eigenvalue weighted by molar-refractivity contribution is 0.245. The third kappa shape index (κ3) is 7.70. The van der Waals surface area contributed by atoms with E-state index < -0.39 is 0 Å². The first-order valence-electron chi connectivity index (χ1n) is 5.95. The van der Waals surface area contributed by atoms with Crippen molar-refractivity contribution in [3.63, 3.8) is 0 Å². The molecule has 0 saturated carbocycles. The van der Waals surface area contributed by atoms with E-state index >= 15 is 0 Å². The quantitative estimate of drug-likeness (QED) is 0.474. The van der Waals surface area contributed by atoms with E-state index in [2.05, 4.69) is 43.0 Å². The maximum absolute atomic E-state index is 5.06. The van der Waals surface area contributed by atoms with Crippen LogP contribution in [0, 0.1) is 0 Å². The first-order valence-corrected chi connectivity index (χ1v) is 7.11. The molecule has 1 rings (SSSR count). The molecule has 0 unspecified atom stereocenters. The predicted molar refractivity (Wildman–Crippen MR) is 78.2 cm³/mol. The molecule has 0 aliphatic rings. The Labute approximate surface area is 109 Å². The fraction of sp³-hybridized carbons (Fsp3) is 0.333. The SMILES string of the molecule is C=COCCCCSC/C=C/c1ccccc1. The van der Waals surface area contributed by atoms with Crippen molar-refractivity contribution in [2.45, 2.75) is 12.8 Å². The van der Waals surface area contributed by atoms with Crippen LogP contribution in [0.3, 0.4) is 0 Å². The zero-order valence-electron chi connectivity index (χ0n) is 10.2. The van der Waals surface area contributed by atoms with E-state index in [-0.39, 0.29) is 0 Å². The Balaban J connectivity index is 1.97. The zero-order chi connectivity index (χ0) is 12.2. The maximum atomic E-state index is 5.06. The molecule has 2 heteroatoms. The summed E-state index contributed by atoms with van der Waals surface area (Å²) in [7, 11) is 0. The molecule has 0 bridgehead atoms. The van der Waals surface area contributed by atoms with E-state index in [1.807, 2.05) is 17.8 Å². The van der Waals surface area contributed by atoms with Gasteiger partial charge in [0, 0.05) is 5.75 Å². The van der Waals surface area contributed by atoms with Crippen molar-refractivity contribution in [3.8, 4) is 0 Å². The van der Waals surface area contributed by atoms with Gasteiger partial charge in [-0.15, -0.1) is 0 Å². The van der Waals surface area contributed by atoms with Crippen LogP contribution in [-0.4, -0.2) is 18.1 Å². The van der Waals surface area contributed by atoms with E-state index in [1.54, 1.807) is 0 Å². The van der Waals surface area contributed by atoms with E-state index in [9.17, 15) is 0 Å². The van der Waals surface area contributed by atoms with Gasteiger partial charge in [0.25, 0.3) is 0 Å². The summed E-state index contributed by atoms with van der Waals surface area (Å²) >= 11 is 1.96. The van der Waals surface area contributed by atoms with E-state index in [1.165, 1.54) is 24.0 Å². The molecule has 0 amide bonds. The second-order valence-corrected chi connectivity index (χ2v) is 4.78. The Kier molecular flexibility index (Phi) is 8.21. The summed E-state index contributed by atoms with van der Waals surface area (Å²) < 4.78 is 5.06. The van der Waals surface area contributed by atoms with Crippen LogP contribution < -0.4 is 0 Å². The minimum Gasteiger partial charge on any atom is -0.502 e. The van der Waals surface area contributed by atoms with Crippen molar-refractivity contribution in [3.05, 3.63) is 54.8 Å². The zero-order valence-corrected chi connectivity index (χ0v) is 11.0. The number of ether oxygens (including phenoxy) is 1. The lowest BCUT2D eigenvalue weighted by Gasteiger charge is -1.99. The highest BCUT2D eigenvalue weighted by Gasteiger charge is 1.89. The highest BCUT2D eigenvalue weighted by Crippen LogP contribution is 2.07. The summed E-state index contributed by atoms with van der Waals surface area (Å²) in [4.78, 5) is 0. The van der Waals surface area contributed by atoms with Crippen LogP contribution in [0.2, 0.25) is 0 Å². The first kappa shape index (κ1) is 13.9. The van der Waals surface area contributed by atoms with Crippen molar-refractivity contribution in [2.24, 2.45) is 0 Å². The minimum atomic E-state index is 0.796. The van der Waals surface area contributed by atoms with Gasteiger partial charge >= 0.3 is 0 Å². The van der Waals surface area contributed by atoms with Crippen LogP contribution in [-0.2, 0) is 4.74 Å². The topological polar surface area (TPSA) is 9.23 Å². The Morgan fingerprint density at radius 2 is 2.00 bits per heavy atom. The summed E-state index contributed by atoms with van der Waals surface area (Å²) in [6.07, 6.45) is 8.23. The Hall–Kier alpha value is -1.15. The lowest BCUT2D eigenvalue weighted by atomic mass is 10.2. The summed E-state index contributed by atoms with van der Waals surface area (Å²) in [5, 5.41) is 0. The van der Waals surface area contributed by atoms with Crippen molar-refractivity contribution in [1.29, 1.82) is 0 Å². The fourth-order valence-electron chi connectivity index (χ4n) is 1.37. The van der Waals surface area contributed by atoms with E-state index in [4.69, 9.17) is 4.74 Å². The van der Waals surface area contributed by atoms with Crippen LogP contribution in [0.1, 0.15) is 18.4 Å². The molecule has 0 heterocycles. The third-order valence-electron chi connectivity index (χ3n) is 2.24. The smallest absolute Gasteiger partial charge is 0.0873 e. The van der Waals surface area contributed by atoms with Gasteiger partial charge < -0.3 is 4.74 Å². The second kappa shape index (κ2) is 10.0. The Morgan fingerprint density at radius 3 is 2.76 bits per heavy atom. The van der Waals surface area contributed by atoms with Gasteiger partial charge in [-0.1, -0.05) is 49.1 Å². The summed E-state index contributed by atoms with van der Waals surface area (Å²) in [6, 6.07) is 10.4. The van der Waals surface area contributed by atoms with E-state index in [0.29, 0.717) is 0 Å². The van der Waals surface area contributed by atoms with Gasteiger partial charge in [0.1, 0.15) is 0 Å². The molecular formula is C15H20OS. The molecule has 0 saturated heterocycles. The second-order valence-electron chi connectivity index (χ2n) is 3.63. The Morgan fingerprint density at radius 1 is 1.18 bits per heavy atom. The van der Waals surface area contributed by atoms with Gasteiger partial charge in [-0.25, -0.2) is 0 Å². The van der Waals surface area contributed by atoms with E-state index in [0.717, 1.165) is 18.8 Å². The van der Waals surface area contributed by atoms with Crippen LogP contribution >= 0.6 is 11.8 Å². The van der Waals surface area contributed by atoms with Crippen LogP contribution in [0.5, 0.6) is 0 Å². The molecule has 0 N–H and O–H groups in total. The van der Waals surface area contributed by atoms with Gasteiger partial charge in [-0.3, -0.25) is 0 Å². The molecule has 1 aromatic rings. The number of rotatable bonds is 9. The molecule has 0 aromatic heterocycles. The summed E-state index contributed by atoms with van der Waals surface area (Å²) in [5.41, 5.74) is 1.27. The summed E-state index contributed by atoms with van der Waals surface area (Å²) in [5.74, 6) is 2.27. The normalized spacial score (nSPS) is 10.6. The summed E-state index contributed by atoms with van der Waals surface area (Å²) in [6.45, 7) is 4.31. The molecule has 17 heavy (non-hydrogen) atoms. The average Bonchev–Trinajstić information content (AvgIpc) is 2.38. The molecule has 0 spiro atoms. The third-order valence-corrected chi connectivity index (χ3v) is 3.25. The number of benzene rings is 1. The van der Waals surface area contributed by atoms with Crippen LogP contribution in [0.15, 0.2) is 49.2 Å². The number of thioether (sulfide) groups is 1. The highest BCUT2D eigenvalue weighted by atomic mass is 32.2. The molecule has 0 aliphatic heterocycles. The monoisotopic (exact) mass is 248 g/mol. The predicted octanol–water partition coefficient (Wildman–Crippen LogP) is 4.37.